The maximum atomic E-state index is 3.48. The summed E-state index contributed by atoms with van der Waals surface area (Å²) >= 11 is 3.48. The van der Waals surface area contributed by atoms with Gasteiger partial charge in [0.25, 0.3) is 0 Å². The van der Waals surface area contributed by atoms with Gasteiger partial charge in [0.1, 0.15) is 0 Å². The van der Waals surface area contributed by atoms with Crippen molar-refractivity contribution in [3.8, 4) is 0 Å². The van der Waals surface area contributed by atoms with Crippen LogP contribution in [0.5, 0.6) is 0 Å². The van der Waals surface area contributed by atoms with E-state index in [1.807, 2.05) is 7.05 Å². The quantitative estimate of drug-likeness (QED) is 0.435. The number of nitrogens with one attached hydrogen (secondary N) is 1. The average molecular weight is 150 g/mol. The summed E-state index contributed by atoms with van der Waals surface area (Å²) in [7, 11) is 1.97. The second-order valence-corrected chi connectivity index (χ2v) is 3.23. The molecule has 0 spiro atoms. The van der Waals surface area contributed by atoms with Crippen LogP contribution < -0.4 is 5.32 Å². The molecule has 0 radical (unpaired) electrons. The molecule has 0 aromatic carbocycles. The predicted octanol–water partition coefficient (Wildman–Crippen LogP) is 1.09. The monoisotopic (exact) mass is 149 g/mol. The Morgan fingerprint density at radius 3 is 2.17 bits per heavy atom. The van der Waals surface area contributed by atoms with Crippen molar-refractivity contribution in [3.63, 3.8) is 0 Å². The third-order valence-electron chi connectivity index (χ3n) is 1.14. The molecule has 0 unspecified atom stereocenters. The molecule has 1 N–H and O–H groups in total. The van der Waals surface area contributed by atoms with Crippen molar-refractivity contribution < 1.29 is 0 Å². The van der Waals surface area contributed by atoms with Gasteiger partial charge in [-0.15, -0.1) is 0 Å². The lowest BCUT2D eigenvalue weighted by Crippen LogP contribution is -2.18. The van der Waals surface area contributed by atoms with Gasteiger partial charge in [-0.25, -0.2) is 0 Å². The van der Waals surface area contributed by atoms with Gasteiger partial charge < -0.3 is 5.32 Å². The highest BCUT2D eigenvalue weighted by molar-refractivity contribution is 9.10. The average Bonchev–Trinajstić information content (AvgIpc) is 2.22. The predicted molar refractivity (Wildman–Crippen MR) is 30.0 cm³/mol. The van der Waals surface area contributed by atoms with Crippen molar-refractivity contribution in [2.45, 2.75) is 17.3 Å². The molecule has 6 heavy (non-hydrogen) atoms. The molecule has 2 heteroatoms. The molecular weight excluding hydrogens is 142 g/mol. The van der Waals surface area contributed by atoms with Crippen LogP contribution >= 0.6 is 15.9 Å². The Morgan fingerprint density at radius 1 is 1.67 bits per heavy atom. The lowest BCUT2D eigenvalue weighted by Gasteiger charge is -1.98. The molecule has 1 nitrogen and oxygen atoms in total. The second kappa shape index (κ2) is 1.20. The first-order valence-electron chi connectivity index (χ1n) is 2.15. The lowest BCUT2D eigenvalue weighted by molar-refractivity contribution is 0.769. The Labute approximate surface area is 46.2 Å². The topological polar surface area (TPSA) is 12.0 Å². The summed E-state index contributed by atoms with van der Waals surface area (Å²) in [4.78, 5) is 0. The fourth-order valence-corrected chi connectivity index (χ4v) is 0.558. The Kier molecular flexibility index (Phi) is 0.922. The van der Waals surface area contributed by atoms with Gasteiger partial charge in [0.05, 0.1) is 4.45 Å². The normalized spacial score (nSPS) is 27.0. The largest absolute Gasteiger partial charge is 0.305 e. The van der Waals surface area contributed by atoms with Crippen molar-refractivity contribution in [1.29, 1.82) is 0 Å². The molecule has 0 amide bonds. The second-order valence-electron chi connectivity index (χ2n) is 1.72. The summed E-state index contributed by atoms with van der Waals surface area (Å²) in [5.74, 6) is 0. The van der Waals surface area contributed by atoms with Gasteiger partial charge in [0.15, 0.2) is 0 Å². The standard InChI is InChI=1S/C4H8BrN/c1-6-4(5)2-3-4/h6H,2-3H2,1H3. The highest BCUT2D eigenvalue weighted by atomic mass is 79.9. The molecule has 0 heterocycles. The Bertz CT molecular complexity index is 58.6. The van der Waals surface area contributed by atoms with Crippen LogP contribution in [-0.2, 0) is 0 Å². The fourth-order valence-electron chi connectivity index (χ4n) is 0.360. The molecule has 1 rings (SSSR count). The molecule has 0 saturated heterocycles. The summed E-state index contributed by atoms with van der Waals surface area (Å²) in [5, 5.41) is 3.13. The maximum Gasteiger partial charge on any atom is 0.0741 e. The van der Waals surface area contributed by atoms with E-state index >= 15 is 0 Å². The summed E-state index contributed by atoms with van der Waals surface area (Å²) in [6.45, 7) is 0. The van der Waals surface area contributed by atoms with E-state index in [2.05, 4.69) is 21.2 Å². The van der Waals surface area contributed by atoms with Crippen LogP contribution in [0, 0.1) is 0 Å². The van der Waals surface area contributed by atoms with E-state index < -0.39 is 0 Å². The Hall–Kier alpha value is 0.440. The minimum absolute atomic E-state index is 0.354. The zero-order valence-electron chi connectivity index (χ0n) is 3.79. The smallest absolute Gasteiger partial charge is 0.0741 e. The molecule has 1 fully saturated rings. The van der Waals surface area contributed by atoms with Crippen molar-refractivity contribution in [1.82, 2.24) is 5.32 Å². The lowest BCUT2D eigenvalue weighted by atomic mass is 10.7. The molecule has 0 bridgehead atoms. The first-order valence-corrected chi connectivity index (χ1v) is 2.94. The van der Waals surface area contributed by atoms with E-state index in [0.717, 1.165) is 0 Å². The van der Waals surface area contributed by atoms with Crippen LogP contribution in [0.4, 0.5) is 0 Å². The van der Waals surface area contributed by atoms with Crippen molar-refractivity contribution in [2.75, 3.05) is 7.05 Å². The summed E-state index contributed by atoms with van der Waals surface area (Å²) < 4.78 is 0.354. The van der Waals surface area contributed by atoms with E-state index in [1.54, 1.807) is 0 Å². The molecular formula is C4H8BrN. The van der Waals surface area contributed by atoms with E-state index in [4.69, 9.17) is 0 Å². The zero-order valence-corrected chi connectivity index (χ0v) is 5.38. The number of halogens is 1. The molecule has 1 aliphatic rings. The van der Waals surface area contributed by atoms with Crippen LogP contribution in [0.3, 0.4) is 0 Å². The van der Waals surface area contributed by atoms with Gasteiger partial charge >= 0.3 is 0 Å². The Morgan fingerprint density at radius 2 is 2.17 bits per heavy atom. The minimum Gasteiger partial charge on any atom is -0.305 e. The van der Waals surface area contributed by atoms with Gasteiger partial charge in [0.2, 0.25) is 0 Å². The number of rotatable bonds is 1. The van der Waals surface area contributed by atoms with Crippen molar-refractivity contribution in [2.24, 2.45) is 0 Å². The summed E-state index contributed by atoms with van der Waals surface area (Å²) in [5.41, 5.74) is 0. The molecule has 36 valence electrons. The van der Waals surface area contributed by atoms with E-state index in [0.29, 0.717) is 4.45 Å². The Balaban J connectivity index is 2.28. The number of alkyl halides is 1. The van der Waals surface area contributed by atoms with Crippen molar-refractivity contribution >= 4 is 15.9 Å². The molecule has 0 aromatic heterocycles. The first kappa shape index (κ1) is 4.60. The van der Waals surface area contributed by atoms with Gasteiger partial charge in [-0.2, -0.15) is 0 Å². The summed E-state index contributed by atoms with van der Waals surface area (Å²) in [6.07, 6.45) is 2.56. The zero-order chi connectivity index (χ0) is 4.62. The molecule has 1 aliphatic carbocycles. The SMILES string of the molecule is CNC1(Br)CC1. The van der Waals surface area contributed by atoms with Crippen LogP contribution in [0.2, 0.25) is 0 Å². The van der Waals surface area contributed by atoms with Gasteiger partial charge in [0, 0.05) is 0 Å². The molecule has 0 atom stereocenters. The van der Waals surface area contributed by atoms with Gasteiger partial charge in [-0.3, -0.25) is 0 Å². The van der Waals surface area contributed by atoms with Crippen LogP contribution in [-0.4, -0.2) is 11.5 Å². The van der Waals surface area contributed by atoms with Gasteiger partial charge in [-0.05, 0) is 19.9 Å². The van der Waals surface area contributed by atoms with Crippen LogP contribution in [0.1, 0.15) is 12.8 Å². The molecule has 0 aromatic rings. The fraction of sp³-hybridized carbons (Fsp3) is 1.00. The van der Waals surface area contributed by atoms with Crippen molar-refractivity contribution in [3.05, 3.63) is 0 Å². The third-order valence-corrected chi connectivity index (χ3v) is 2.33. The third kappa shape index (κ3) is 0.738. The van der Waals surface area contributed by atoms with Gasteiger partial charge in [-0.1, -0.05) is 15.9 Å². The van der Waals surface area contributed by atoms with Crippen LogP contribution in [0.25, 0.3) is 0 Å². The number of hydrogen-bond donors (Lipinski definition) is 1. The highest BCUT2D eigenvalue weighted by Crippen LogP contribution is 2.40. The highest BCUT2D eigenvalue weighted by Gasteiger charge is 2.37. The first-order chi connectivity index (χ1) is 2.77. The molecule has 1 saturated carbocycles. The summed E-state index contributed by atoms with van der Waals surface area (Å²) in [6, 6.07) is 0. The van der Waals surface area contributed by atoms with Crippen LogP contribution in [0.15, 0.2) is 0 Å². The minimum atomic E-state index is 0.354. The molecule has 0 aliphatic heterocycles. The van der Waals surface area contributed by atoms with E-state index in [-0.39, 0.29) is 0 Å². The van der Waals surface area contributed by atoms with E-state index in [1.165, 1.54) is 12.8 Å². The number of hydrogen-bond acceptors (Lipinski definition) is 1. The van der Waals surface area contributed by atoms with E-state index in [9.17, 15) is 0 Å². The maximum absolute atomic E-state index is 3.48.